The highest BCUT2D eigenvalue weighted by Gasteiger charge is 2.21. The SMILES string of the molecule is COc1ccc(CNC(=O)c2nnn(-c3ccc(F)cc3)c2CSc2ncccn2)cc1. The number of nitrogens with one attached hydrogen (secondary N) is 1. The Kier molecular flexibility index (Phi) is 6.71. The fourth-order valence-corrected chi connectivity index (χ4v) is 3.70. The van der Waals surface area contributed by atoms with Crippen LogP contribution < -0.4 is 10.1 Å². The van der Waals surface area contributed by atoms with Gasteiger partial charge in [-0.3, -0.25) is 4.79 Å². The fraction of sp³-hybridized carbons (Fsp3) is 0.136. The van der Waals surface area contributed by atoms with E-state index in [1.807, 2.05) is 24.3 Å². The molecule has 32 heavy (non-hydrogen) atoms. The summed E-state index contributed by atoms with van der Waals surface area (Å²) in [6, 6.07) is 15.0. The molecule has 0 aliphatic carbocycles. The van der Waals surface area contributed by atoms with Crippen molar-refractivity contribution in [3.63, 3.8) is 0 Å². The number of hydrogen-bond acceptors (Lipinski definition) is 7. The molecule has 0 unspecified atom stereocenters. The number of rotatable bonds is 8. The third-order valence-corrected chi connectivity index (χ3v) is 5.43. The number of amides is 1. The molecular formula is C22H19FN6O2S. The molecule has 0 spiro atoms. The van der Waals surface area contributed by atoms with Crippen molar-refractivity contribution >= 4 is 17.7 Å². The van der Waals surface area contributed by atoms with Crippen LogP contribution in [0, 0.1) is 5.82 Å². The van der Waals surface area contributed by atoms with Crippen LogP contribution in [0.1, 0.15) is 21.7 Å². The van der Waals surface area contributed by atoms with Crippen molar-refractivity contribution in [3.8, 4) is 11.4 Å². The zero-order chi connectivity index (χ0) is 22.3. The van der Waals surface area contributed by atoms with Gasteiger partial charge in [-0.05, 0) is 48.0 Å². The van der Waals surface area contributed by atoms with Crippen LogP contribution >= 0.6 is 11.8 Å². The molecule has 2 heterocycles. The lowest BCUT2D eigenvalue weighted by atomic mass is 10.2. The van der Waals surface area contributed by atoms with Crippen LogP contribution in [-0.4, -0.2) is 38.0 Å². The monoisotopic (exact) mass is 450 g/mol. The Morgan fingerprint density at radius 3 is 2.50 bits per heavy atom. The second-order valence-corrected chi connectivity index (χ2v) is 7.57. The molecule has 162 valence electrons. The Hall–Kier alpha value is -3.79. The van der Waals surface area contributed by atoms with Crippen LogP contribution in [-0.2, 0) is 12.3 Å². The summed E-state index contributed by atoms with van der Waals surface area (Å²) < 4.78 is 20.1. The van der Waals surface area contributed by atoms with Crippen molar-refractivity contribution in [2.75, 3.05) is 7.11 Å². The topological polar surface area (TPSA) is 94.8 Å². The number of benzene rings is 2. The molecule has 0 saturated carbocycles. The first kappa shape index (κ1) is 21.4. The number of methoxy groups -OCH3 is 1. The first-order valence-corrected chi connectivity index (χ1v) is 10.6. The van der Waals surface area contributed by atoms with E-state index in [-0.39, 0.29) is 17.4 Å². The summed E-state index contributed by atoms with van der Waals surface area (Å²) in [6.07, 6.45) is 3.29. The third kappa shape index (κ3) is 5.09. The number of thioether (sulfide) groups is 1. The van der Waals surface area contributed by atoms with Crippen LogP contribution in [0.4, 0.5) is 4.39 Å². The Labute approximate surface area is 187 Å². The molecule has 0 aliphatic rings. The van der Waals surface area contributed by atoms with Gasteiger partial charge in [0.25, 0.3) is 5.91 Å². The van der Waals surface area contributed by atoms with E-state index in [0.29, 0.717) is 28.8 Å². The Morgan fingerprint density at radius 1 is 1.09 bits per heavy atom. The highest BCUT2D eigenvalue weighted by atomic mass is 32.2. The number of carbonyl (C=O) groups excluding carboxylic acids is 1. The minimum Gasteiger partial charge on any atom is -0.497 e. The molecule has 1 amide bonds. The maximum Gasteiger partial charge on any atom is 0.274 e. The first-order valence-electron chi connectivity index (χ1n) is 9.65. The van der Waals surface area contributed by atoms with Gasteiger partial charge < -0.3 is 10.1 Å². The average Bonchev–Trinajstić information content (AvgIpc) is 3.26. The summed E-state index contributed by atoms with van der Waals surface area (Å²) in [6.45, 7) is 0.320. The van der Waals surface area contributed by atoms with Crippen molar-refractivity contribution in [2.24, 2.45) is 0 Å². The number of halogens is 1. The van der Waals surface area contributed by atoms with E-state index in [9.17, 15) is 9.18 Å². The zero-order valence-electron chi connectivity index (χ0n) is 17.1. The Morgan fingerprint density at radius 2 is 1.81 bits per heavy atom. The lowest BCUT2D eigenvalue weighted by molar-refractivity contribution is 0.0945. The molecule has 10 heteroatoms. The molecule has 0 aliphatic heterocycles. The van der Waals surface area contributed by atoms with E-state index in [1.54, 1.807) is 37.7 Å². The highest BCUT2D eigenvalue weighted by molar-refractivity contribution is 7.98. The van der Waals surface area contributed by atoms with Crippen LogP contribution in [0.15, 0.2) is 72.1 Å². The van der Waals surface area contributed by atoms with Crippen LogP contribution in [0.3, 0.4) is 0 Å². The van der Waals surface area contributed by atoms with Gasteiger partial charge in [0.1, 0.15) is 11.6 Å². The lowest BCUT2D eigenvalue weighted by Gasteiger charge is -2.09. The summed E-state index contributed by atoms with van der Waals surface area (Å²) in [5.41, 5.74) is 2.25. The molecule has 1 N–H and O–H groups in total. The molecular weight excluding hydrogens is 431 g/mol. The molecule has 0 bridgehead atoms. The maximum absolute atomic E-state index is 13.4. The second-order valence-electron chi connectivity index (χ2n) is 6.62. The van der Waals surface area contributed by atoms with Gasteiger partial charge in [0.2, 0.25) is 0 Å². The van der Waals surface area contributed by atoms with E-state index in [4.69, 9.17) is 4.74 Å². The van der Waals surface area contributed by atoms with Gasteiger partial charge in [0.05, 0.1) is 18.5 Å². The van der Waals surface area contributed by atoms with E-state index < -0.39 is 0 Å². The van der Waals surface area contributed by atoms with Crippen molar-refractivity contribution in [1.82, 2.24) is 30.3 Å². The summed E-state index contributed by atoms with van der Waals surface area (Å²) in [4.78, 5) is 21.3. The van der Waals surface area contributed by atoms with Gasteiger partial charge in [0, 0.05) is 24.7 Å². The number of hydrogen-bond donors (Lipinski definition) is 1. The minimum absolute atomic E-state index is 0.186. The lowest BCUT2D eigenvalue weighted by Crippen LogP contribution is -2.24. The normalized spacial score (nSPS) is 10.7. The van der Waals surface area contributed by atoms with E-state index in [1.165, 1.54) is 28.6 Å². The molecule has 2 aromatic carbocycles. The number of carbonyl (C=O) groups is 1. The summed E-state index contributed by atoms with van der Waals surface area (Å²) in [7, 11) is 1.60. The van der Waals surface area contributed by atoms with Gasteiger partial charge in [-0.15, -0.1) is 5.10 Å². The van der Waals surface area contributed by atoms with Crippen LogP contribution in [0.5, 0.6) is 5.75 Å². The predicted octanol–water partition coefficient (Wildman–Crippen LogP) is 3.43. The summed E-state index contributed by atoms with van der Waals surface area (Å²) in [5.74, 6) is 0.364. The van der Waals surface area contributed by atoms with Gasteiger partial charge in [-0.1, -0.05) is 29.1 Å². The molecule has 0 saturated heterocycles. The Bertz CT molecular complexity index is 1180. The van der Waals surface area contributed by atoms with Crippen LogP contribution in [0.25, 0.3) is 5.69 Å². The average molecular weight is 450 g/mol. The maximum atomic E-state index is 13.4. The third-order valence-electron chi connectivity index (χ3n) is 4.54. The van der Waals surface area contributed by atoms with Gasteiger partial charge in [-0.25, -0.2) is 19.0 Å². The minimum atomic E-state index is -0.362. The van der Waals surface area contributed by atoms with Gasteiger partial charge in [-0.2, -0.15) is 0 Å². The van der Waals surface area contributed by atoms with Crippen molar-refractivity contribution in [1.29, 1.82) is 0 Å². The summed E-state index contributed by atoms with van der Waals surface area (Å²) >= 11 is 1.35. The van der Waals surface area contributed by atoms with Crippen molar-refractivity contribution in [3.05, 3.63) is 89.8 Å². The van der Waals surface area contributed by atoms with Gasteiger partial charge >= 0.3 is 0 Å². The molecule has 2 aromatic heterocycles. The smallest absolute Gasteiger partial charge is 0.274 e. The standard InChI is InChI=1S/C22H19FN6O2S/c1-31-18-9-3-15(4-10-18)13-26-21(30)20-19(14-32-22-24-11-2-12-25-22)29(28-27-20)17-7-5-16(23)6-8-17/h2-12H,13-14H2,1H3,(H,26,30). The molecule has 0 radical (unpaired) electrons. The van der Waals surface area contributed by atoms with Crippen molar-refractivity contribution < 1.29 is 13.9 Å². The van der Waals surface area contributed by atoms with Gasteiger partial charge in [0.15, 0.2) is 10.9 Å². The predicted molar refractivity (Wildman–Crippen MR) is 117 cm³/mol. The zero-order valence-corrected chi connectivity index (χ0v) is 17.9. The molecule has 0 fully saturated rings. The van der Waals surface area contributed by atoms with Crippen LogP contribution in [0.2, 0.25) is 0 Å². The molecule has 8 nitrogen and oxygen atoms in total. The molecule has 0 atom stereocenters. The largest absolute Gasteiger partial charge is 0.497 e. The van der Waals surface area contributed by atoms with E-state index in [2.05, 4.69) is 25.6 Å². The van der Waals surface area contributed by atoms with Crippen molar-refractivity contribution in [2.45, 2.75) is 17.5 Å². The number of aromatic nitrogens is 5. The fourth-order valence-electron chi connectivity index (χ4n) is 2.90. The molecule has 4 rings (SSSR count). The highest BCUT2D eigenvalue weighted by Crippen LogP contribution is 2.23. The number of nitrogens with zero attached hydrogens (tertiary/aromatic N) is 5. The van der Waals surface area contributed by atoms with E-state index in [0.717, 1.165) is 11.3 Å². The second kappa shape index (κ2) is 10.0. The Balaban J connectivity index is 1.56. The quantitative estimate of drug-likeness (QED) is 0.325. The number of ether oxygens (including phenoxy) is 1. The first-order chi connectivity index (χ1) is 15.6. The van der Waals surface area contributed by atoms with E-state index >= 15 is 0 Å². The summed E-state index contributed by atoms with van der Waals surface area (Å²) in [5, 5.41) is 11.7. The molecule has 4 aromatic rings.